The van der Waals surface area contributed by atoms with Crippen molar-refractivity contribution < 1.29 is 9.53 Å². The lowest BCUT2D eigenvalue weighted by atomic mass is 9.98. The zero-order valence-electron chi connectivity index (χ0n) is 12.9. The highest BCUT2D eigenvalue weighted by atomic mass is 16.5. The number of fused-ring (bicyclic) bond motifs is 1. The molecule has 0 saturated heterocycles. The SMILES string of the molecule is COCC1CN(C(=O)Cc2ccccn2)Cc2ncn(C)c21. The summed E-state index contributed by atoms with van der Waals surface area (Å²) >= 11 is 0. The molecule has 116 valence electrons. The molecular weight excluding hydrogens is 280 g/mol. The van der Waals surface area contributed by atoms with Crippen LogP contribution in [0.4, 0.5) is 0 Å². The summed E-state index contributed by atoms with van der Waals surface area (Å²) in [7, 11) is 3.67. The third-order valence-electron chi connectivity index (χ3n) is 4.01. The fourth-order valence-corrected chi connectivity index (χ4v) is 3.02. The molecule has 0 aromatic carbocycles. The molecule has 3 heterocycles. The molecule has 6 nitrogen and oxygen atoms in total. The Bertz CT molecular complexity index is 653. The molecule has 0 radical (unpaired) electrons. The Hall–Kier alpha value is -2.21. The molecule has 0 saturated carbocycles. The fourth-order valence-electron chi connectivity index (χ4n) is 3.02. The van der Waals surface area contributed by atoms with Crippen LogP contribution in [0.15, 0.2) is 30.7 Å². The molecule has 1 aliphatic heterocycles. The standard InChI is InChI=1S/C16H20N4O2/c1-19-11-18-14-9-20(8-12(10-22-2)16(14)19)15(21)7-13-5-3-4-6-17-13/h3-6,11-12H,7-10H2,1-2H3. The van der Waals surface area contributed by atoms with Crippen molar-refractivity contribution in [1.82, 2.24) is 19.4 Å². The summed E-state index contributed by atoms with van der Waals surface area (Å²) in [6.45, 7) is 1.80. The van der Waals surface area contributed by atoms with Gasteiger partial charge < -0.3 is 14.2 Å². The number of ether oxygens (including phenoxy) is 1. The van der Waals surface area contributed by atoms with E-state index in [2.05, 4.69) is 9.97 Å². The number of hydrogen-bond acceptors (Lipinski definition) is 4. The highest BCUT2D eigenvalue weighted by Crippen LogP contribution is 2.27. The van der Waals surface area contributed by atoms with Crippen LogP contribution in [0.3, 0.4) is 0 Å². The van der Waals surface area contributed by atoms with E-state index in [0.29, 0.717) is 26.1 Å². The van der Waals surface area contributed by atoms with Gasteiger partial charge in [0, 0.05) is 44.2 Å². The lowest BCUT2D eigenvalue weighted by molar-refractivity contribution is -0.132. The van der Waals surface area contributed by atoms with E-state index in [-0.39, 0.29) is 11.8 Å². The number of carbonyl (C=O) groups is 1. The molecule has 1 atom stereocenters. The van der Waals surface area contributed by atoms with Crippen LogP contribution in [-0.2, 0) is 29.5 Å². The number of hydrogen-bond donors (Lipinski definition) is 0. The number of pyridine rings is 1. The lowest BCUT2D eigenvalue weighted by Crippen LogP contribution is -2.41. The third-order valence-corrected chi connectivity index (χ3v) is 4.01. The summed E-state index contributed by atoms with van der Waals surface area (Å²) in [4.78, 5) is 23.1. The summed E-state index contributed by atoms with van der Waals surface area (Å²) in [5, 5.41) is 0. The highest BCUT2D eigenvalue weighted by Gasteiger charge is 2.31. The van der Waals surface area contributed by atoms with Crippen molar-refractivity contribution in [2.45, 2.75) is 18.9 Å². The average Bonchev–Trinajstić information content (AvgIpc) is 2.90. The van der Waals surface area contributed by atoms with Crippen LogP contribution in [0, 0.1) is 0 Å². The first-order valence-corrected chi connectivity index (χ1v) is 7.35. The van der Waals surface area contributed by atoms with Gasteiger partial charge in [-0.2, -0.15) is 0 Å². The lowest BCUT2D eigenvalue weighted by Gasteiger charge is -2.32. The van der Waals surface area contributed by atoms with E-state index in [1.165, 1.54) is 5.69 Å². The maximum Gasteiger partial charge on any atom is 0.228 e. The number of methoxy groups -OCH3 is 1. The molecule has 0 spiro atoms. The van der Waals surface area contributed by atoms with Gasteiger partial charge in [0.1, 0.15) is 0 Å². The zero-order chi connectivity index (χ0) is 15.5. The van der Waals surface area contributed by atoms with Crippen molar-refractivity contribution in [3.63, 3.8) is 0 Å². The molecule has 0 aliphatic carbocycles. The van der Waals surface area contributed by atoms with Crippen LogP contribution >= 0.6 is 0 Å². The topological polar surface area (TPSA) is 60.2 Å². The van der Waals surface area contributed by atoms with Gasteiger partial charge in [-0.25, -0.2) is 4.98 Å². The number of imidazole rings is 1. The maximum atomic E-state index is 12.5. The zero-order valence-corrected chi connectivity index (χ0v) is 12.9. The second-order valence-corrected chi connectivity index (χ2v) is 5.61. The van der Waals surface area contributed by atoms with E-state index < -0.39 is 0 Å². The molecule has 6 heteroatoms. The van der Waals surface area contributed by atoms with Crippen molar-refractivity contribution >= 4 is 5.91 Å². The van der Waals surface area contributed by atoms with Crippen LogP contribution in [-0.4, -0.2) is 45.6 Å². The molecule has 1 unspecified atom stereocenters. The molecule has 1 amide bonds. The number of rotatable bonds is 4. The minimum Gasteiger partial charge on any atom is -0.384 e. The summed E-state index contributed by atoms with van der Waals surface area (Å²) in [6, 6.07) is 5.63. The van der Waals surface area contributed by atoms with E-state index in [9.17, 15) is 4.79 Å². The quantitative estimate of drug-likeness (QED) is 0.849. The van der Waals surface area contributed by atoms with E-state index in [4.69, 9.17) is 4.74 Å². The Morgan fingerprint density at radius 3 is 3.00 bits per heavy atom. The van der Waals surface area contributed by atoms with E-state index in [0.717, 1.165) is 11.4 Å². The summed E-state index contributed by atoms with van der Waals surface area (Å²) in [5.41, 5.74) is 2.93. The Kier molecular flexibility index (Phi) is 4.20. The van der Waals surface area contributed by atoms with Gasteiger partial charge in [0.15, 0.2) is 0 Å². The van der Waals surface area contributed by atoms with E-state index in [1.54, 1.807) is 19.6 Å². The van der Waals surface area contributed by atoms with Gasteiger partial charge in [0.05, 0.1) is 31.6 Å². The Labute approximate surface area is 129 Å². The summed E-state index contributed by atoms with van der Waals surface area (Å²) in [6.07, 6.45) is 3.84. The average molecular weight is 300 g/mol. The van der Waals surface area contributed by atoms with Gasteiger partial charge >= 0.3 is 0 Å². The van der Waals surface area contributed by atoms with Crippen molar-refractivity contribution in [3.05, 3.63) is 47.8 Å². The monoisotopic (exact) mass is 300 g/mol. The summed E-state index contributed by atoms with van der Waals surface area (Å²) < 4.78 is 7.34. The predicted molar refractivity (Wildman–Crippen MR) is 81.2 cm³/mol. The van der Waals surface area contributed by atoms with Gasteiger partial charge in [-0.05, 0) is 12.1 Å². The van der Waals surface area contributed by atoms with Crippen LogP contribution in [0.2, 0.25) is 0 Å². The highest BCUT2D eigenvalue weighted by molar-refractivity contribution is 5.78. The number of carbonyl (C=O) groups excluding carboxylic acids is 1. The molecule has 2 aromatic heterocycles. The van der Waals surface area contributed by atoms with Crippen molar-refractivity contribution in [1.29, 1.82) is 0 Å². The minimum atomic E-state index is 0.0797. The Morgan fingerprint density at radius 1 is 1.41 bits per heavy atom. The van der Waals surface area contributed by atoms with Gasteiger partial charge in [-0.1, -0.05) is 6.07 Å². The second kappa shape index (κ2) is 6.27. The first kappa shape index (κ1) is 14.7. The number of aryl methyl sites for hydroxylation is 1. The number of nitrogens with zero attached hydrogens (tertiary/aromatic N) is 4. The van der Waals surface area contributed by atoms with Crippen molar-refractivity contribution in [2.75, 3.05) is 20.3 Å². The first-order valence-electron chi connectivity index (χ1n) is 7.35. The predicted octanol–water partition coefficient (Wildman–Crippen LogP) is 1.13. The molecular formula is C16H20N4O2. The number of amides is 1. The Morgan fingerprint density at radius 2 is 2.27 bits per heavy atom. The molecule has 1 aliphatic rings. The van der Waals surface area contributed by atoms with Crippen LogP contribution in [0.25, 0.3) is 0 Å². The molecule has 22 heavy (non-hydrogen) atoms. The normalized spacial score (nSPS) is 17.4. The minimum absolute atomic E-state index is 0.0797. The molecule has 3 rings (SSSR count). The Balaban J connectivity index is 1.77. The van der Waals surface area contributed by atoms with Gasteiger partial charge in [-0.15, -0.1) is 0 Å². The third kappa shape index (κ3) is 2.87. The van der Waals surface area contributed by atoms with Gasteiger partial charge in [0.25, 0.3) is 0 Å². The van der Waals surface area contributed by atoms with Gasteiger partial charge in [0.2, 0.25) is 5.91 Å². The van der Waals surface area contributed by atoms with Crippen LogP contribution in [0.5, 0.6) is 0 Å². The van der Waals surface area contributed by atoms with Crippen LogP contribution < -0.4 is 0 Å². The van der Waals surface area contributed by atoms with Crippen molar-refractivity contribution in [2.24, 2.45) is 7.05 Å². The number of aromatic nitrogens is 3. The van der Waals surface area contributed by atoms with Crippen molar-refractivity contribution in [3.8, 4) is 0 Å². The fraction of sp³-hybridized carbons (Fsp3) is 0.438. The smallest absolute Gasteiger partial charge is 0.228 e. The molecule has 0 fully saturated rings. The van der Waals surface area contributed by atoms with Crippen LogP contribution in [0.1, 0.15) is 23.0 Å². The second-order valence-electron chi connectivity index (χ2n) is 5.61. The van der Waals surface area contributed by atoms with Gasteiger partial charge in [-0.3, -0.25) is 9.78 Å². The largest absolute Gasteiger partial charge is 0.384 e. The molecule has 2 aromatic rings. The van der Waals surface area contributed by atoms with E-state index in [1.807, 2.05) is 34.7 Å². The maximum absolute atomic E-state index is 12.5. The molecule has 0 bridgehead atoms. The molecule has 0 N–H and O–H groups in total. The first-order chi connectivity index (χ1) is 10.7. The van der Waals surface area contributed by atoms with E-state index >= 15 is 0 Å². The summed E-state index contributed by atoms with van der Waals surface area (Å²) in [5.74, 6) is 0.241.